The Morgan fingerprint density at radius 2 is 1.33 bits per heavy atom. The molecule has 0 bridgehead atoms. The lowest BCUT2D eigenvalue weighted by Crippen LogP contribution is -2.49. The van der Waals surface area contributed by atoms with Crippen LogP contribution >= 0.6 is 25.1 Å². The summed E-state index contributed by atoms with van der Waals surface area (Å²) in [4.78, 5) is 40.4. The molecule has 1 N–H and O–H groups in total. The van der Waals surface area contributed by atoms with E-state index in [1.165, 1.54) is 0 Å². The summed E-state index contributed by atoms with van der Waals surface area (Å²) < 4.78 is 6.07. The minimum Gasteiger partial charge on any atom is -0.478 e. The van der Waals surface area contributed by atoms with Gasteiger partial charge in [0.2, 0.25) is 5.91 Å². The molecule has 1 aliphatic heterocycles. The number of nitrogens with one attached hydrogen (secondary N) is 1. The van der Waals surface area contributed by atoms with E-state index in [0.29, 0.717) is 47.8 Å². The zero-order chi connectivity index (χ0) is 34.6. The Labute approximate surface area is 305 Å². The first kappa shape index (κ1) is 41.4. The van der Waals surface area contributed by atoms with Gasteiger partial charge in [-0.15, -0.1) is 0 Å². The van der Waals surface area contributed by atoms with Crippen LogP contribution < -0.4 is 10.1 Å². The monoisotopic (exact) mass is 704 g/mol. The number of carbonyl (C=O) groups excluding carboxylic acids is 3. The molecule has 2 aromatic rings. The van der Waals surface area contributed by atoms with E-state index in [0.717, 1.165) is 44.9 Å². The molecule has 1 saturated heterocycles. The molecule has 2 amide bonds. The molecule has 0 unspecified atom stereocenters. The predicted octanol–water partition coefficient (Wildman–Crippen LogP) is 9.48. The van der Waals surface area contributed by atoms with Crippen LogP contribution in [0.15, 0.2) is 109 Å². The van der Waals surface area contributed by atoms with Gasteiger partial charge in [0.05, 0.1) is 0 Å². The smallest absolute Gasteiger partial charge is 0.266 e. The molecule has 0 spiro atoms. The van der Waals surface area contributed by atoms with Crippen molar-refractivity contribution in [2.75, 3.05) is 13.1 Å². The standard InChI is InChI=1S/C41H51ClN2O4.H2S/c1-4-5-6-7-8-9-10-11-12-13-14-15-16-17-18-19-20-21-38(45)43-36-30-31-44(32-36)40(47)41(2,3)48-37-28-24-34(25-29-37)39(46)33-22-26-35(42)27-23-33;/h5-6,8-9,11-12,14-15,17-18,22-29,36H,4,7,10,13,16,19-21,30-32H2,1-3H3,(H,43,45);1H2/b6-5-,9-8-,12-11-,15-14-,18-17-;/t36-;/m0./s1. The number of hydrogen-bond acceptors (Lipinski definition) is 4. The molecule has 0 radical (unpaired) electrons. The minimum atomic E-state index is -1.11. The molecule has 1 aliphatic rings. The van der Waals surface area contributed by atoms with Crippen LogP contribution in [0.4, 0.5) is 0 Å². The first-order valence-corrected chi connectivity index (χ1v) is 17.5. The number of ketones is 1. The molecule has 0 aromatic heterocycles. The van der Waals surface area contributed by atoms with Crippen molar-refractivity contribution in [3.05, 3.63) is 125 Å². The Morgan fingerprint density at radius 1 is 0.816 bits per heavy atom. The number of benzene rings is 2. The van der Waals surface area contributed by atoms with Crippen molar-refractivity contribution in [3.63, 3.8) is 0 Å². The van der Waals surface area contributed by atoms with Crippen molar-refractivity contribution in [2.45, 2.75) is 90.2 Å². The largest absolute Gasteiger partial charge is 0.478 e. The molecular weight excluding hydrogens is 652 g/mol. The fraction of sp³-hybridized carbons (Fsp3) is 0.390. The van der Waals surface area contributed by atoms with Crippen molar-refractivity contribution in [3.8, 4) is 5.75 Å². The number of ether oxygens (including phenoxy) is 1. The molecule has 0 aliphatic carbocycles. The number of halogens is 1. The van der Waals surface area contributed by atoms with E-state index in [9.17, 15) is 14.4 Å². The van der Waals surface area contributed by atoms with Gasteiger partial charge in [-0.2, -0.15) is 13.5 Å². The van der Waals surface area contributed by atoms with Crippen LogP contribution in [0.5, 0.6) is 5.75 Å². The molecule has 2 aromatic carbocycles. The third-order valence-corrected chi connectivity index (χ3v) is 8.14. The van der Waals surface area contributed by atoms with Crippen molar-refractivity contribution in [1.29, 1.82) is 0 Å². The summed E-state index contributed by atoms with van der Waals surface area (Å²) in [5.41, 5.74) is -0.0451. The van der Waals surface area contributed by atoms with Gasteiger partial charge in [-0.25, -0.2) is 0 Å². The first-order valence-electron chi connectivity index (χ1n) is 17.1. The summed E-state index contributed by atoms with van der Waals surface area (Å²) in [6.07, 6.45) is 29.5. The average molecular weight is 705 g/mol. The highest BCUT2D eigenvalue weighted by molar-refractivity contribution is 7.59. The lowest BCUT2D eigenvalue weighted by molar-refractivity contribution is -0.144. The predicted molar refractivity (Wildman–Crippen MR) is 208 cm³/mol. The maximum Gasteiger partial charge on any atom is 0.266 e. The molecule has 1 atom stereocenters. The van der Waals surface area contributed by atoms with Crippen LogP contribution in [-0.4, -0.2) is 47.2 Å². The van der Waals surface area contributed by atoms with Gasteiger partial charge in [-0.1, -0.05) is 79.3 Å². The van der Waals surface area contributed by atoms with Crippen molar-refractivity contribution in [2.24, 2.45) is 0 Å². The molecule has 6 nitrogen and oxygen atoms in total. The number of nitrogens with zero attached hydrogens (tertiary/aromatic N) is 1. The van der Waals surface area contributed by atoms with E-state index >= 15 is 0 Å². The van der Waals surface area contributed by atoms with Crippen LogP contribution in [0.3, 0.4) is 0 Å². The maximum absolute atomic E-state index is 13.3. The number of likely N-dealkylation sites (tertiary alicyclic amines) is 1. The molecule has 49 heavy (non-hydrogen) atoms. The zero-order valence-corrected chi connectivity index (χ0v) is 31.0. The van der Waals surface area contributed by atoms with Gasteiger partial charge in [0.25, 0.3) is 5.91 Å². The Kier molecular flexibility index (Phi) is 19.2. The van der Waals surface area contributed by atoms with Crippen molar-refractivity contribution < 1.29 is 19.1 Å². The zero-order valence-electron chi connectivity index (χ0n) is 29.2. The first-order chi connectivity index (χ1) is 23.2. The van der Waals surface area contributed by atoms with Crippen molar-refractivity contribution >= 4 is 42.7 Å². The summed E-state index contributed by atoms with van der Waals surface area (Å²) in [6, 6.07) is 13.5. The highest BCUT2D eigenvalue weighted by atomic mass is 35.5. The number of rotatable bonds is 19. The third kappa shape index (κ3) is 15.5. The van der Waals surface area contributed by atoms with Crippen molar-refractivity contribution in [1.82, 2.24) is 10.2 Å². The highest BCUT2D eigenvalue weighted by Gasteiger charge is 2.38. The molecule has 1 heterocycles. The Bertz CT molecular complexity index is 1460. The number of carbonyl (C=O) groups is 3. The molecule has 3 rings (SSSR count). The van der Waals surface area contributed by atoms with E-state index in [1.807, 2.05) is 0 Å². The fourth-order valence-electron chi connectivity index (χ4n) is 5.27. The van der Waals surface area contributed by atoms with Gasteiger partial charge in [-0.05, 0) is 114 Å². The van der Waals surface area contributed by atoms with E-state index in [4.69, 9.17) is 16.3 Å². The summed E-state index contributed by atoms with van der Waals surface area (Å²) in [5, 5.41) is 3.66. The average Bonchev–Trinajstić information content (AvgIpc) is 3.54. The Morgan fingerprint density at radius 3 is 1.88 bits per heavy atom. The lowest BCUT2D eigenvalue weighted by Gasteiger charge is -2.30. The van der Waals surface area contributed by atoms with Gasteiger partial charge in [0, 0.05) is 41.7 Å². The van der Waals surface area contributed by atoms with Gasteiger partial charge in [0.15, 0.2) is 11.4 Å². The molecule has 264 valence electrons. The molecule has 1 fully saturated rings. The normalized spacial score (nSPS) is 15.2. The number of unbranched alkanes of at least 4 members (excludes halogenated alkanes) is 1. The Hall–Kier alpha value is -3.81. The number of hydrogen-bond donors (Lipinski definition) is 1. The van der Waals surface area contributed by atoms with Crippen LogP contribution in [0.1, 0.15) is 94.5 Å². The van der Waals surface area contributed by atoms with E-state index in [1.54, 1.807) is 67.3 Å². The fourth-order valence-corrected chi connectivity index (χ4v) is 5.40. The van der Waals surface area contributed by atoms with Crippen LogP contribution in [-0.2, 0) is 9.59 Å². The van der Waals surface area contributed by atoms with Crippen LogP contribution in [0.2, 0.25) is 5.02 Å². The van der Waals surface area contributed by atoms with E-state index in [2.05, 4.69) is 73.0 Å². The summed E-state index contributed by atoms with van der Waals surface area (Å²) in [7, 11) is 0. The quantitative estimate of drug-likeness (QED) is 0.0898. The van der Waals surface area contributed by atoms with Gasteiger partial charge in [-0.3, -0.25) is 14.4 Å². The van der Waals surface area contributed by atoms with Crippen LogP contribution in [0.25, 0.3) is 0 Å². The number of allylic oxidation sites excluding steroid dienone is 10. The molecule has 0 saturated carbocycles. The summed E-state index contributed by atoms with van der Waals surface area (Å²) >= 11 is 5.93. The summed E-state index contributed by atoms with van der Waals surface area (Å²) in [5.74, 6) is 0.259. The second kappa shape index (κ2) is 22.8. The summed E-state index contributed by atoms with van der Waals surface area (Å²) in [6.45, 7) is 6.64. The van der Waals surface area contributed by atoms with Gasteiger partial charge in [0.1, 0.15) is 5.75 Å². The molecule has 8 heteroatoms. The van der Waals surface area contributed by atoms with Gasteiger partial charge >= 0.3 is 0 Å². The SMILES string of the molecule is CC/C=C\C/C=C\C/C=C\C/C=C\C/C=C\CCCC(=O)N[C@H]1CCN(C(=O)C(C)(C)Oc2ccc(C(=O)c3ccc(Cl)cc3)cc2)C1.S. The van der Waals surface area contributed by atoms with E-state index in [-0.39, 0.29) is 37.1 Å². The van der Waals surface area contributed by atoms with Gasteiger partial charge < -0.3 is 15.0 Å². The maximum atomic E-state index is 13.3. The second-order valence-electron chi connectivity index (χ2n) is 12.4. The minimum absolute atomic E-state index is 0. The number of amides is 2. The Balaban J connectivity index is 0.00000833. The van der Waals surface area contributed by atoms with E-state index < -0.39 is 5.60 Å². The second-order valence-corrected chi connectivity index (χ2v) is 12.8. The third-order valence-electron chi connectivity index (χ3n) is 7.88. The highest BCUT2D eigenvalue weighted by Crippen LogP contribution is 2.24. The lowest BCUT2D eigenvalue weighted by atomic mass is 10.0. The van der Waals surface area contributed by atoms with Crippen LogP contribution in [0, 0.1) is 0 Å². The topological polar surface area (TPSA) is 75.7 Å². The molecular formula is C41H53ClN2O4S.